The quantitative estimate of drug-likeness (QED) is 0.500. The van der Waals surface area contributed by atoms with Crippen LogP contribution < -0.4 is 10.9 Å². The number of nitrogens with one attached hydrogen (secondary N) is 1. The largest absolute Gasteiger partial charge is 0.350 e. The maximum Gasteiger partial charge on any atom is 0.264 e. The van der Waals surface area contributed by atoms with Gasteiger partial charge in [0.1, 0.15) is 17.5 Å². The third-order valence-electron chi connectivity index (χ3n) is 4.89. The standard InChI is InChI=1S/C22H19ClFN5O2/c1-14-5-7-15(8-6-14)12-28-13-26-20-16(22(28)31)11-27-29(20)10-9-25-21(30)19-17(23)3-2-4-18(19)24/h2-8,11,13H,9-10,12H2,1H3,(H,25,30). The van der Waals surface area contributed by atoms with Gasteiger partial charge in [-0.1, -0.05) is 47.5 Å². The third-order valence-corrected chi connectivity index (χ3v) is 5.21. The summed E-state index contributed by atoms with van der Waals surface area (Å²) in [6.07, 6.45) is 2.95. The number of halogens is 2. The molecule has 0 unspecified atom stereocenters. The van der Waals surface area contributed by atoms with Gasteiger partial charge in [0.25, 0.3) is 11.5 Å². The molecule has 9 heteroatoms. The molecule has 158 valence electrons. The summed E-state index contributed by atoms with van der Waals surface area (Å²) in [5.41, 5.74) is 2.17. The summed E-state index contributed by atoms with van der Waals surface area (Å²) in [4.78, 5) is 29.4. The molecule has 0 saturated carbocycles. The Bertz CT molecular complexity index is 1290. The molecule has 2 heterocycles. The number of amides is 1. The lowest BCUT2D eigenvalue weighted by molar-refractivity contribution is 0.0948. The lowest BCUT2D eigenvalue weighted by Gasteiger charge is -2.09. The van der Waals surface area contributed by atoms with E-state index in [9.17, 15) is 14.0 Å². The number of hydrogen-bond acceptors (Lipinski definition) is 4. The van der Waals surface area contributed by atoms with Crippen LogP contribution in [0.5, 0.6) is 0 Å². The van der Waals surface area contributed by atoms with Crippen LogP contribution in [0.2, 0.25) is 5.02 Å². The van der Waals surface area contributed by atoms with E-state index in [4.69, 9.17) is 11.6 Å². The lowest BCUT2D eigenvalue weighted by atomic mass is 10.1. The molecule has 4 rings (SSSR count). The highest BCUT2D eigenvalue weighted by Gasteiger charge is 2.16. The zero-order valence-electron chi connectivity index (χ0n) is 16.7. The van der Waals surface area contributed by atoms with Crippen LogP contribution in [0.25, 0.3) is 11.0 Å². The molecule has 0 fully saturated rings. The average molecular weight is 440 g/mol. The first-order chi connectivity index (χ1) is 14.9. The van der Waals surface area contributed by atoms with E-state index in [1.165, 1.54) is 40.0 Å². The second kappa shape index (κ2) is 8.69. The highest BCUT2D eigenvalue weighted by molar-refractivity contribution is 6.33. The van der Waals surface area contributed by atoms with E-state index in [2.05, 4.69) is 15.4 Å². The van der Waals surface area contributed by atoms with Gasteiger partial charge < -0.3 is 5.32 Å². The van der Waals surface area contributed by atoms with Gasteiger partial charge in [-0.05, 0) is 24.6 Å². The second-order valence-corrected chi connectivity index (χ2v) is 7.53. The van der Waals surface area contributed by atoms with Crippen molar-refractivity contribution in [2.75, 3.05) is 6.54 Å². The van der Waals surface area contributed by atoms with Crippen LogP contribution in [0.15, 0.2) is 59.8 Å². The highest BCUT2D eigenvalue weighted by Crippen LogP contribution is 2.18. The van der Waals surface area contributed by atoms with Gasteiger partial charge in [0.2, 0.25) is 0 Å². The summed E-state index contributed by atoms with van der Waals surface area (Å²) >= 11 is 5.91. The van der Waals surface area contributed by atoms with Crippen molar-refractivity contribution in [2.24, 2.45) is 0 Å². The van der Waals surface area contributed by atoms with E-state index in [1.807, 2.05) is 31.2 Å². The highest BCUT2D eigenvalue weighted by atomic mass is 35.5. The van der Waals surface area contributed by atoms with Gasteiger partial charge in [0.15, 0.2) is 5.65 Å². The summed E-state index contributed by atoms with van der Waals surface area (Å²) in [6, 6.07) is 12.0. The fourth-order valence-corrected chi connectivity index (χ4v) is 3.49. The Morgan fingerprint density at radius 3 is 2.71 bits per heavy atom. The molecular weight excluding hydrogens is 421 g/mol. The van der Waals surface area contributed by atoms with Crippen LogP contribution in [0, 0.1) is 12.7 Å². The zero-order valence-corrected chi connectivity index (χ0v) is 17.4. The van der Waals surface area contributed by atoms with Gasteiger partial charge in [0.05, 0.1) is 29.9 Å². The number of aryl methyl sites for hydroxylation is 1. The third kappa shape index (κ3) is 4.34. The van der Waals surface area contributed by atoms with Crippen LogP contribution in [-0.4, -0.2) is 31.8 Å². The van der Waals surface area contributed by atoms with Crippen molar-refractivity contribution in [1.29, 1.82) is 0 Å². The van der Waals surface area contributed by atoms with Gasteiger partial charge in [-0.15, -0.1) is 0 Å². The van der Waals surface area contributed by atoms with Crippen LogP contribution in [0.1, 0.15) is 21.5 Å². The van der Waals surface area contributed by atoms with E-state index < -0.39 is 11.7 Å². The molecular formula is C22H19ClFN5O2. The number of aromatic nitrogens is 4. The molecule has 4 aromatic rings. The summed E-state index contributed by atoms with van der Waals surface area (Å²) < 4.78 is 16.9. The Morgan fingerprint density at radius 2 is 1.97 bits per heavy atom. The Morgan fingerprint density at radius 1 is 1.19 bits per heavy atom. The van der Waals surface area contributed by atoms with Crippen LogP contribution in [0.3, 0.4) is 0 Å². The molecule has 1 N–H and O–H groups in total. The van der Waals surface area contributed by atoms with Crippen LogP contribution >= 0.6 is 11.6 Å². The van der Waals surface area contributed by atoms with Crippen molar-refractivity contribution in [1.82, 2.24) is 24.6 Å². The first-order valence-corrected chi connectivity index (χ1v) is 10.0. The Kier molecular flexibility index (Phi) is 5.81. The molecule has 0 radical (unpaired) electrons. The molecule has 0 aliphatic heterocycles. The van der Waals surface area contributed by atoms with Gasteiger partial charge in [0, 0.05) is 6.54 Å². The molecule has 0 atom stereocenters. The maximum absolute atomic E-state index is 13.9. The number of nitrogens with zero attached hydrogens (tertiary/aromatic N) is 4. The summed E-state index contributed by atoms with van der Waals surface area (Å²) in [7, 11) is 0. The smallest absolute Gasteiger partial charge is 0.264 e. The molecule has 7 nitrogen and oxygen atoms in total. The van der Waals surface area contributed by atoms with Crippen molar-refractivity contribution in [3.8, 4) is 0 Å². The van der Waals surface area contributed by atoms with Gasteiger partial charge in [-0.3, -0.25) is 14.2 Å². The summed E-state index contributed by atoms with van der Waals surface area (Å²) in [5.74, 6) is -1.31. The normalized spacial score (nSPS) is 11.1. The Labute approximate surface area is 182 Å². The van der Waals surface area contributed by atoms with E-state index in [0.717, 1.165) is 11.1 Å². The molecule has 2 aromatic carbocycles. The fraction of sp³-hybridized carbons (Fsp3) is 0.182. The topological polar surface area (TPSA) is 81.8 Å². The van der Waals surface area contributed by atoms with Crippen molar-refractivity contribution in [2.45, 2.75) is 20.0 Å². The van der Waals surface area contributed by atoms with Crippen molar-refractivity contribution in [3.05, 3.63) is 92.9 Å². The summed E-state index contributed by atoms with van der Waals surface area (Å²) in [6.45, 7) is 2.84. The van der Waals surface area contributed by atoms with E-state index in [1.54, 1.807) is 0 Å². The SMILES string of the molecule is Cc1ccc(Cn2cnc3c(cnn3CCNC(=O)c3c(F)cccc3Cl)c2=O)cc1. The average Bonchev–Trinajstić information content (AvgIpc) is 3.15. The van der Waals surface area contributed by atoms with Crippen molar-refractivity contribution >= 4 is 28.5 Å². The lowest BCUT2D eigenvalue weighted by Crippen LogP contribution is -2.28. The van der Waals surface area contributed by atoms with Crippen LogP contribution in [0.4, 0.5) is 4.39 Å². The predicted molar refractivity (Wildman–Crippen MR) is 116 cm³/mol. The van der Waals surface area contributed by atoms with E-state index in [-0.39, 0.29) is 29.2 Å². The number of benzene rings is 2. The first kappa shape index (κ1) is 20.7. The van der Waals surface area contributed by atoms with Crippen molar-refractivity contribution in [3.63, 3.8) is 0 Å². The molecule has 0 aliphatic carbocycles. The number of hydrogen-bond donors (Lipinski definition) is 1. The summed E-state index contributed by atoms with van der Waals surface area (Å²) in [5, 5.41) is 7.25. The predicted octanol–water partition coefficient (Wildman–Crippen LogP) is 3.17. The minimum Gasteiger partial charge on any atom is -0.350 e. The number of rotatable bonds is 6. The maximum atomic E-state index is 13.9. The molecule has 0 spiro atoms. The fourth-order valence-electron chi connectivity index (χ4n) is 3.24. The number of fused-ring (bicyclic) bond motifs is 1. The Hall–Kier alpha value is -3.52. The Balaban J connectivity index is 1.47. The minimum absolute atomic E-state index is 0.0397. The molecule has 0 aliphatic rings. The van der Waals surface area contributed by atoms with Gasteiger partial charge in [-0.25, -0.2) is 14.1 Å². The molecule has 31 heavy (non-hydrogen) atoms. The second-order valence-electron chi connectivity index (χ2n) is 7.12. The zero-order chi connectivity index (χ0) is 22.0. The van der Waals surface area contributed by atoms with E-state index in [0.29, 0.717) is 17.6 Å². The van der Waals surface area contributed by atoms with Gasteiger partial charge >= 0.3 is 0 Å². The van der Waals surface area contributed by atoms with Crippen LogP contribution in [-0.2, 0) is 13.1 Å². The number of carbonyl (C=O) groups is 1. The minimum atomic E-state index is -0.690. The molecule has 1 amide bonds. The van der Waals surface area contributed by atoms with Gasteiger partial charge in [-0.2, -0.15) is 5.10 Å². The molecule has 2 aromatic heterocycles. The van der Waals surface area contributed by atoms with E-state index >= 15 is 0 Å². The van der Waals surface area contributed by atoms with Crippen molar-refractivity contribution < 1.29 is 9.18 Å². The number of carbonyl (C=O) groups excluding carboxylic acids is 1. The molecule has 0 bridgehead atoms. The first-order valence-electron chi connectivity index (χ1n) is 9.63. The molecule has 0 saturated heterocycles. The monoisotopic (exact) mass is 439 g/mol.